The Morgan fingerprint density at radius 1 is 1.24 bits per heavy atom. The molecule has 1 N–H and O–H groups in total. The van der Waals surface area contributed by atoms with Crippen LogP contribution < -0.4 is 0 Å². The van der Waals surface area contributed by atoms with E-state index in [1.165, 1.54) is 24.2 Å². The summed E-state index contributed by atoms with van der Waals surface area (Å²) in [5, 5.41) is 17.6. The summed E-state index contributed by atoms with van der Waals surface area (Å²) in [5.74, 6) is 2.03. The van der Waals surface area contributed by atoms with Crippen LogP contribution in [0.25, 0.3) is 0 Å². The minimum Gasteiger partial charge on any atom is -0.465 e. The number of likely N-dealkylation sites (tertiary alicyclic amines) is 1. The maximum atomic E-state index is 10.8. The molecule has 17 heavy (non-hydrogen) atoms. The zero-order valence-electron chi connectivity index (χ0n) is 10.1. The number of carboxylic acid groups (broad SMARTS) is 1. The Morgan fingerprint density at radius 2 is 1.94 bits per heavy atom. The van der Waals surface area contributed by atoms with Crippen LogP contribution in [0.3, 0.4) is 0 Å². The first-order valence-electron chi connectivity index (χ1n) is 6.55. The molecule has 94 valence electrons. The van der Waals surface area contributed by atoms with Gasteiger partial charge in [0.2, 0.25) is 0 Å². The van der Waals surface area contributed by atoms with E-state index in [4.69, 9.17) is 10.4 Å². The van der Waals surface area contributed by atoms with Crippen molar-refractivity contribution in [1.82, 2.24) is 4.90 Å². The van der Waals surface area contributed by atoms with Crippen molar-refractivity contribution in [2.75, 3.05) is 13.1 Å². The largest absolute Gasteiger partial charge is 0.465 e. The second kappa shape index (κ2) is 5.39. The van der Waals surface area contributed by atoms with Crippen molar-refractivity contribution in [2.45, 2.75) is 38.5 Å². The highest BCUT2D eigenvalue weighted by Gasteiger charge is 2.33. The monoisotopic (exact) mass is 236 g/mol. The Morgan fingerprint density at radius 3 is 2.53 bits per heavy atom. The van der Waals surface area contributed by atoms with Gasteiger partial charge in [0.15, 0.2) is 0 Å². The van der Waals surface area contributed by atoms with Gasteiger partial charge in [0.05, 0.1) is 6.07 Å². The lowest BCUT2D eigenvalue weighted by molar-refractivity contribution is 0.112. The average Bonchev–Trinajstić information content (AvgIpc) is 2.78. The minimum atomic E-state index is -0.780. The van der Waals surface area contributed by atoms with E-state index < -0.39 is 6.09 Å². The molecule has 2 rings (SSSR count). The van der Waals surface area contributed by atoms with Crippen LogP contribution >= 0.6 is 0 Å². The van der Waals surface area contributed by atoms with E-state index in [0.29, 0.717) is 31.3 Å². The number of nitrogens with zero attached hydrogens (tertiary/aromatic N) is 2. The maximum absolute atomic E-state index is 10.8. The van der Waals surface area contributed by atoms with Gasteiger partial charge in [0.1, 0.15) is 0 Å². The number of hydrogen-bond acceptors (Lipinski definition) is 2. The molecule has 2 fully saturated rings. The Hall–Kier alpha value is -1.24. The second-order valence-electron chi connectivity index (χ2n) is 5.41. The van der Waals surface area contributed by atoms with Gasteiger partial charge in [-0.05, 0) is 49.9 Å². The third-order valence-electron chi connectivity index (χ3n) is 4.44. The lowest BCUT2D eigenvalue weighted by Crippen LogP contribution is -2.38. The van der Waals surface area contributed by atoms with Gasteiger partial charge in [0.25, 0.3) is 0 Å². The molecule has 2 unspecified atom stereocenters. The predicted molar refractivity (Wildman–Crippen MR) is 63.4 cm³/mol. The van der Waals surface area contributed by atoms with Gasteiger partial charge >= 0.3 is 6.09 Å². The average molecular weight is 236 g/mol. The van der Waals surface area contributed by atoms with Gasteiger partial charge in [-0.1, -0.05) is 0 Å². The normalized spacial score (nSPS) is 30.2. The summed E-state index contributed by atoms with van der Waals surface area (Å²) in [6.07, 6.45) is 5.56. The molecule has 2 atom stereocenters. The molecule has 0 radical (unpaired) electrons. The molecule has 1 aliphatic heterocycles. The topological polar surface area (TPSA) is 64.3 Å². The maximum Gasteiger partial charge on any atom is 0.407 e. The quantitative estimate of drug-likeness (QED) is 0.801. The number of carbonyl (C=O) groups is 1. The van der Waals surface area contributed by atoms with Gasteiger partial charge in [-0.15, -0.1) is 0 Å². The van der Waals surface area contributed by atoms with Gasteiger partial charge in [-0.2, -0.15) is 5.26 Å². The predicted octanol–water partition coefficient (Wildman–Crippen LogP) is 2.71. The molecule has 4 nitrogen and oxygen atoms in total. The third-order valence-corrected chi connectivity index (χ3v) is 4.44. The summed E-state index contributed by atoms with van der Waals surface area (Å²) in [7, 11) is 0. The van der Waals surface area contributed by atoms with E-state index in [9.17, 15) is 4.79 Å². The van der Waals surface area contributed by atoms with E-state index in [0.717, 1.165) is 18.8 Å². The van der Waals surface area contributed by atoms with Gasteiger partial charge in [0, 0.05) is 19.5 Å². The van der Waals surface area contributed by atoms with Crippen LogP contribution in [0.15, 0.2) is 0 Å². The second-order valence-corrected chi connectivity index (χ2v) is 5.41. The van der Waals surface area contributed by atoms with Crippen molar-refractivity contribution in [3.63, 3.8) is 0 Å². The Labute approximate surface area is 102 Å². The molecule has 1 aliphatic carbocycles. The van der Waals surface area contributed by atoms with E-state index in [1.54, 1.807) is 0 Å². The summed E-state index contributed by atoms with van der Waals surface area (Å²) >= 11 is 0. The lowest BCUT2D eigenvalue weighted by Gasteiger charge is -2.33. The van der Waals surface area contributed by atoms with Gasteiger partial charge in [-0.3, -0.25) is 0 Å². The van der Waals surface area contributed by atoms with E-state index >= 15 is 0 Å². The summed E-state index contributed by atoms with van der Waals surface area (Å²) in [5.41, 5.74) is 0. The van der Waals surface area contributed by atoms with Crippen LogP contribution in [0.1, 0.15) is 38.5 Å². The van der Waals surface area contributed by atoms with Crippen LogP contribution in [0.5, 0.6) is 0 Å². The molecule has 1 heterocycles. The van der Waals surface area contributed by atoms with Crippen molar-refractivity contribution in [1.29, 1.82) is 5.26 Å². The van der Waals surface area contributed by atoms with E-state index in [-0.39, 0.29) is 0 Å². The fourth-order valence-electron chi connectivity index (χ4n) is 3.42. The first-order chi connectivity index (χ1) is 8.20. The number of nitriles is 1. The van der Waals surface area contributed by atoms with Crippen molar-refractivity contribution < 1.29 is 9.90 Å². The number of amides is 1. The zero-order chi connectivity index (χ0) is 12.3. The summed E-state index contributed by atoms with van der Waals surface area (Å²) in [6, 6.07) is 2.27. The van der Waals surface area contributed by atoms with Crippen LogP contribution in [0.2, 0.25) is 0 Å². The molecule has 0 spiro atoms. The van der Waals surface area contributed by atoms with Gasteiger partial charge < -0.3 is 10.0 Å². The standard InChI is InChI=1S/C13H20N2O2/c14-6-3-10-1-2-12(9-10)11-4-7-15(8-5-11)13(16)17/h10-12H,1-5,7-9H2,(H,16,17). The van der Waals surface area contributed by atoms with E-state index in [2.05, 4.69) is 6.07 Å². The van der Waals surface area contributed by atoms with Crippen LogP contribution in [0, 0.1) is 29.1 Å². The smallest absolute Gasteiger partial charge is 0.407 e. The minimum absolute atomic E-state index is 0.600. The Balaban J connectivity index is 1.78. The Bertz CT molecular complexity index is 316. The molecular formula is C13H20N2O2. The van der Waals surface area contributed by atoms with Crippen LogP contribution in [0.4, 0.5) is 4.79 Å². The highest BCUT2D eigenvalue weighted by atomic mass is 16.4. The molecule has 0 aromatic rings. The lowest BCUT2D eigenvalue weighted by atomic mass is 9.82. The van der Waals surface area contributed by atoms with Crippen molar-refractivity contribution in [3.8, 4) is 6.07 Å². The summed E-state index contributed by atoms with van der Waals surface area (Å²) in [6.45, 7) is 1.39. The molecule has 0 aromatic heterocycles. The molecule has 0 bridgehead atoms. The Kier molecular flexibility index (Phi) is 3.88. The molecule has 4 heteroatoms. The molecule has 2 aliphatic rings. The van der Waals surface area contributed by atoms with Gasteiger partial charge in [-0.25, -0.2) is 4.79 Å². The molecule has 1 saturated carbocycles. The highest BCUT2D eigenvalue weighted by molar-refractivity contribution is 5.64. The first kappa shape index (κ1) is 12.2. The van der Waals surface area contributed by atoms with Crippen LogP contribution in [-0.4, -0.2) is 29.2 Å². The fourth-order valence-corrected chi connectivity index (χ4v) is 3.42. The number of piperidine rings is 1. The highest BCUT2D eigenvalue weighted by Crippen LogP contribution is 2.40. The zero-order valence-corrected chi connectivity index (χ0v) is 10.1. The van der Waals surface area contributed by atoms with E-state index in [1.807, 2.05) is 0 Å². The SMILES string of the molecule is N#CCC1CCC(C2CCN(C(=O)O)CC2)C1. The summed E-state index contributed by atoms with van der Waals surface area (Å²) < 4.78 is 0. The third kappa shape index (κ3) is 2.91. The number of hydrogen-bond donors (Lipinski definition) is 1. The number of rotatable bonds is 2. The van der Waals surface area contributed by atoms with Crippen LogP contribution in [-0.2, 0) is 0 Å². The molecule has 1 saturated heterocycles. The van der Waals surface area contributed by atoms with Crippen molar-refractivity contribution >= 4 is 6.09 Å². The molecular weight excluding hydrogens is 216 g/mol. The first-order valence-corrected chi connectivity index (χ1v) is 6.55. The van der Waals surface area contributed by atoms with Crippen molar-refractivity contribution in [3.05, 3.63) is 0 Å². The fraction of sp³-hybridized carbons (Fsp3) is 0.846. The molecule has 0 aromatic carbocycles. The molecule has 1 amide bonds. The summed E-state index contributed by atoms with van der Waals surface area (Å²) in [4.78, 5) is 12.3. The van der Waals surface area contributed by atoms with Crippen molar-refractivity contribution in [2.24, 2.45) is 17.8 Å².